The zero-order valence-electron chi connectivity index (χ0n) is 8.79. The maximum Gasteiger partial charge on any atom is 0.223 e. The Hall–Kier alpha value is -0.870. The molecule has 1 aromatic carbocycles. The van der Waals surface area contributed by atoms with Crippen molar-refractivity contribution in [3.05, 3.63) is 27.5 Å². The number of nitrogens with zero attached hydrogens (tertiary/aromatic N) is 1. The summed E-state index contributed by atoms with van der Waals surface area (Å²) < 4.78 is 2.37. The van der Waals surface area contributed by atoms with Crippen molar-refractivity contribution < 1.29 is 4.79 Å². The lowest BCUT2D eigenvalue weighted by Crippen LogP contribution is -2.25. The Morgan fingerprint density at radius 1 is 1.44 bits per heavy atom. The lowest BCUT2D eigenvalue weighted by Gasteiger charge is -2.14. The predicted octanol–water partition coefficient (Wildman–Crippen LogP) is 3.57. The number of carbonyl (C=O) groups is 1. The van der Waals surface area contributed by atoms with Gasteiger partial charge in [-0.25, -0.2) is 0 Å². The van der Waals surface area contributed by atoms with Gasteiger partial charge < -0.3 is 4.90 Å². The Labute approximate surface area is 106 Å². The minimum absolute atomic E-state index is 0.133. The van der Waals surface area contributed by atoms with Crippen molar-refractivity contribution in [1.29, 1.82) is 0 Å². The van der Waals surface area contributed by atoms with Crippen LogP contribution in [0.5, 0.6) is 0 Å². The maximum absolute atomic E-state index is 11.5. The van der Waals surface area contributed by atoms with Crippen LogP contribution < -0.4 is 4.90 Å². The van der Waals surface area contributed by atoms with Gasteiger partial charge in [-0.3, -0.25) is 4.79 Å². The highest BCUT2D eigenvalue weighted by molar-refractivity contribution is 9.11. The summed E-state index contributed by atoms with van der Waals surface area (Å²) >= 11 is 5.21. The molecule has 0 aliphatic carbocycles. The molecule has 1 amide bonds. The Balaban J connectivity index is 2.22. The van der Waals surface area contributed by atoms with E-state index in [2.05, 4.69) is 34.1 Å². The number of rotatable bonds is 0. The van der Waals surface area contributed by atoms with Gasteiger partial charge >= 0.3 is 0 Å². The molecule has 0 radical (unpaired) electrons. The van der Waals surface area contributed by atoms with E-state index >= 15 is 0 Å². The molecule has 1 aromatic heterocycles. The molecule has 0 unspecified atom stereocenters. The van der Waals surface area contributed by atoms with Crippen LogP contribution in [0.1, 0.15) is 12.5 Å². The molecule has 2 heterocycles. The number of benzene rings is 1. The van der Waals surface area contributed by atoms with Crippen molar-refractivity contribution in [2.45, 2.75) is 13.3 Å². The number of halogens is 1. The van der Waals surface area contributed by atoms with Gasteiger partial charge in [-0.05, 0) is 51.5 Å². The number of amides is 1. The second-order valence-electron chi connectivity index (χ2n) is 3.99. The van der Waals surface area contributed by atoms with Crippen molar-refractivity contribution in [1.82, 2.24) is 0 Å². The molecular formula is C12H10BrNOS. The fraction of sp³-hybridized carbons (Fsp3) is 0.250. The van der Waals surface area contributed by atoms with Crippen LogP contribution in [0.15, 0.2) is 22.0 Å². The second-order valence-corrected chi connectivity index (χ2v) is 6.45. The van der Waals surface area contributed by atoms with Gasteiger partial charge in [0.25, 0.3) is 0 Å². The topological polar surface area (TPSA) is 20.3 Å². The molecule has 2 aromatic rings. The second kappa shape index (κ2) is 3.57. The SMILES string of the molecule is CC(=O)N1CCc2cc3cc(Br)sc3cc21. The maximum atomic E-state index is 11.5. The molecule has 1 aliphatic heterocycles. The van der Waals surface area contributed by atoms with Crippen LogP contribution >= 0.6 is 27.3 Å². The van der Waals surface area contributed by atoms with E-state index in [1.807, 2.05) is 4.90 Å². The third-order valence-corrected chi connectivity index (χ3v) is 4.56. The fourth-order valence-electron chi connectivity index (χ4n) is 2.22. The van der Waals surface area contributed by atoms with E-state index in [-0.39, 0.29) is 5.91 Å². The van der Waals surface area contributed by atoms with Crippen LogP contribution in [0.25, 0.3) is 10.1 Å². The van der Waals surface area contributed by atoms with Crippen LogP contribution in [0.4, 0.5) is 5.69 Å². The van der Waals surface area contributed by atoms with Gasteiger partial charge in [0, 0.05) is 23.9 Å². The van der Waals surface area contributed by atoms with Gasteiger partial charge in [0.2, 0.25) is 5.91 Å². The van der Waals surface area contributed by atoms with Gasteiger partial charge in [-0.2, -0.15) is 0 Å². The largest absolute Gasteiger partial charge is 0.312 e. The lowest BCUT2D eigenvalue weighted by molar-refractivity contribution is -0.116. The fourth-order valence-corrected chi connectivity index (χ4v) is 3.79. The number of fused-ring (bicyclic) bond motifs is 2. The Morgan fingerprint density at radius 2 is 2.25 bits per heavy atom. The van der Waals surface area contributed by atoms with Crippen molar-refractivity contribution >= 4 is 48.9 Å². The predicted molar refractivity (Wildman–Crippen MR) is 71.3 cm³/mol. The van der Waals surface area contributed by atoms with E-state index in [0.29, 0.717) is 0 Å². The lowest BCUT2D eigenvalue weighted by atomic mass is 10.1. The van der Waals surface area contributed by atoms with Gasteiger partial charge in [0.15, 0.2) is 0 Å². The van der Waals surface area contributed by atoms with Crippen LogP contribution in [0, 0.1) is 0 Å². The normalized spacial score (nSPS) is 14.5. The Bertz CT molecular complexity index is 590. The molecule has 0 N–H and O–H groups in total. The van der Waals surface area contributed by atoms with Crippen molar-refractivity contribution in [2.24, 2.45) is 0 Å². The minimum Gasteiger partial charge on any atom is -0.312 e. The third-order valence-electron chi connectivity index (χ3n) is 2.96. The molecule has 0 spiro atoms. The smallest absolute Gasteiger partial charge is 0.223 e. The van der Waals surface area contributed by atoms with Gasteiger partial charge in [0.05, 0.1) is 3.79 Å². The number of carbonyl (C=O) groups excluding carboxylic acids is 1. The molecule has 4 heteroatoms. The Morgan fingerprint density at radius 3 is 3.00 bits per heavy atom. The highest BCUT2D eigenvalue weighted by Crippen LogP contribution is 2.37. The average molecular weight is 296 g/mol. The molecule has 82 valence electrons. The standard InChI is InChI=1S/C12H10BrNOS/c1-7(15)14-3-2-8-4-9-5-12(13)16-11(9)6-10(8)14/h4-6H,2-3H2,1H3. The number of hydrogen-bond donors (Lipinski definition) is 0. The number of thiophene rings is 1. The highest BCUT2D eigenvalue weighted by Gasteiger charge is 2.22. The summed E-state index contributed by atoms with van der Waals surface area (Å²) in [5.74, 6) is 0.133. The van der Waals surface area contributed by atoms with Crippen LogP contribution in [0.2, 0.25) is 0 Å². The first kappa shape index (κ1) is 10.3. The molecule has 0 bridgehead atoms. The molecular weight excluding hydrogens is 286 g/mol. The summed E-state index contributed by atoms with van der Waals surface area (Å²) in [6, 6.07) is 6.47. The van der Waals surface area contributed by atoms with Crippen molar-refractivity contribution in [3.8, 4) is 0 Å². The minimum atomic E-state index is 0.133. The molecule has 0 atom stereocenters. The van der Waals surface area contributed by atoms with E-state index in [1.165, 1.54) is 15.6 Å². The van der Waals surface area contributed by atoms with Gasteiger partial charge in [-0.1, -0.05) is 0 Å². The first-order valence-electron chi connectivity index (χ1n) is 5.15. The van der Waals surface area contributed by atoms with Gasteiger partial charge in [-0.15, -0.1) is 11.3 Å². The average Bonchev–Trinajstić information content (AvgIpc) is 2.74. The quantitative estimate of drug-likeness (QED) is 0.727. The molecule has 0 saturated heterocycles. The first-order valence-corrected chi connectivity index (χ1v) is 6.76. The van der Waals surface area contributed by atoms with E-state index in [1.54, 1.807) is 18.3 Å². The van der Waals surface area contributed by atoms with E-state index in [0.717, 1.165) is 22.4 Å². The number of hydrogen-bond acceptors (Lipinski definition) is 2. The molecule has 3 rings (SSSR count). The summed E-state index contributed by atoms with van der Waals surface area (Å²) in [5, 5.41) is 1.26. The zero-order valence-corrected chi connectivity index (χ0v) is 11.2. The molecule has 2 nitrogen and oxygen atoms in total. The monoisotopic (exact) mass is 295 g/mol. The van der Waals surface area contributed by atoms with E-state index in [4.69, 9.17) is 0 Å². The van der Waals surface area contributed by atoms with Crippen LogP contribution in [0.3, 0.4) is 0 Å². The summed E-state index contributed by atoms with van der Waals surface area (Å²) in [5.41, 5.74) is 2.38. The molecule has 16 heavy (non-hydrogen) atoms. The summed E-state index contributed by atoms with van der Waals surface area (Å²) in [6.45, 7) is 2.45. The van der Waals surface area contributed by atoms with Crippen LogP contribution in [-0.2, 0) is 11.2 Å². The molecule has 0 saturated carbocycles. The highest BCUT2D eigenvalue weighted by atomic mass is 79.9. The summed E-state index contributed by atoms with van der Waals surface area (Å²) in [7, 11) is 0. The molecule has 0 fully saturated rings. The van der Waals surface area contributed by atoms with Crippen molar-refractivity contribution in [3.63, 3.8) is 0 Å². The summed E-state index contributed by atoms with van der Waals surface area (Å²) in [6.07, 6.45) is 0.971. The van der Waals surface area contributed by atoms with Gasteiger partial charge in [0.1, 0.15) is 0 Å². The summed E-state index contributed by atoms with van der Waals surface area (Å²) in [4.78, 5) is 13.3. The first-order chi connectivity index (χ1) is 7.65. The van der Waals surface area contributed by atoms with E-state index in [9.17, 15) is 4.79 Å². The third kappa shape index (κ3) is 1.48. The molecule has 1 aliphatic rings. The number of anilines is 1. The Kier molecular flexibility index (Phi) is 2.30. The van der Waals surface area contributed by atoms with E-state index < -0.39 is 0 Å². The van der Waals surface area contributed by atoms with Crippen molar-refractivity contribution in [2.75, 3.05) is 11.4 Å². The zero-order chi connectivity index (χ0) is 11.3. The van der Waals surface area contributed by atoms with Crippen LogP contribution in [-0.4, -0.2) is 12.5 Å².